The number of aromatic amines is 1. The van der Waals surface area contributed by atoms with E-state index in [4.69, 9.17) is 4.98 Å². The number of nitrogens with zero attached hydrogens (tertiary/aromatic N) is 3. The molecular formula is C20H26N4O2S. The van der Waals surface area contributed by atoms with Crippen molar-refractivity contribution in [3.8, 4) is 0 Å². The molecule has 1 fully saturated rings. The molecule has 4 heterocycles. The van der Waals surface area contributed by atoms with Gasteiger partial charge < -0.3 is 14.8 Å². The number of amides is 1. The Balaban J connectivity index is 1.56. The van der Waals surface area contributed by atoms with Gasteiger partial charge in [-0.3, -0.25) is 9.59 Å². The zero-order valence-electron chi connectivity index (χ0n) is 16.2. The fourth-order valence-electron chi connectivity index (χ4n) is 3.99. The van der Waals surface area contributed by atoms with Crippen LogP contribution in [0, 0.1) is 13.8 Å². The number of aryl methyl sites for hydroxylation is 2. The number of carbonyl (C=O) groups excluding carboxylic acids is 1. The Morgan fingerprint density at radius 3 is 2.89 bits per heavy atom. The molecule has 1 amide bonds. The molecule has 0 saturated carbocycles. The highest BCUT2D eigenvalue weighted by molar-refractivity contribution is 7.14. The summed E-state index contributed by atoms with van der Waals surface area (Å²) in [4.78, 5) is 39.3. The van der Waals surface area contributed by atoms with Crippen LogP contribution in [0.5, 0.6) is 0 Å². The van der Waals surface area contributed by atoms with E-state index in [1.807, 2.05) is 24.9 Å². The first-order chi connectivity index (χ1) is 12.9. The van der Waals surface area contributed by atoms with E-state index >= 15 is 0 Å². The van der Waals surface area contributed by atoms with Crippen LogP contribution < -0.4 is 5.56 Å². The van der Waals surface area contributed by atoms with Gasteiger partial charge in [-0.1, -0.05) is 0 Å². The minimum absolute atomic E-state index is 0.0190. The summed E-state index contributed by atoms with van der Waals surface area (Å²) in [5.74, 6) is 0.949. The predicted molar refractivity (Wildman–Crippen MR) is 107 cm³/mol. The maximum absolute atomic E-state index is 12.9. The van der Waals surface area contributed by atoms with Gasteiger partial charge in [-0.2, -0.15) is 0 Å². The van der Waals surface area contributed by atoms with Crippen molar-refractivity contribution >= 4 is 17.2 Å². The fourth-order valence-corrected chi connectivity index (χ4v) is 4.99. The van der Waals surface area contributed by atoms with Crippen LogP contribution in [0.4, 0.5) is 0 Å². The number of hydrogen-bond donors (Lipinski definition) is 1. The van der Waals surface area contributed by atoms with E-state index in [0.717, 1.165) is 54.3 Å². The summed E-state index contributed by atoms with van der Waals surface area (Å²) in [5.41, 5.74) is 2.87. The highest BCUT2D eigenvalue weighted by Gasteiger charge is 2.29. The first kappa shape index (κ1) is 18.4. The molecule has 144 valence electrons. The van der Waals surface area contributed by atoms with Crippen molar-refractivity contribution in [3.63, 3.8) is 0 Å². The standard InChI is InChI=1S/C20H26N4O2S/c1-12-9-17(27-13(12)2)20(26)24-7-4-5-14(10-24)18-21-16-6-8-23(3)11-15(16)19(25)22-18/h9,14H,4-8,10-11H2,1-3H3,(H,21,22,25)/t14-/m0/s1. The average Bonchev–Trinajstić information content (AvgIpc) is 3.00. The average molecular weight is 387 g/mol. The lowest BCUT2D eigenvalue weighted by Gasteiger charge is -2.32. The third-order valence-electron chi connectivity index (χ3n) is 5.75. The number of likely N-dealkylation sites (tertiary alicyclic amines) is 1. The van der Waals surface area contributed by atoms with Gasteiger partial charge in [0.2, 0.25) is 0 Å². The van der Waals surface area contributed by atoms with Crippen LogP contribution in [-0.2, 0) is 13.0 Å². The Kier molecular flexibility index (Phi) is 4.90. The van der Waals surface area contributed by atoms with Crippen LogP contribution in [0.1, 0.15) is 56.0 Å². The fraction of sp³-hybridized carbons (Fsp3) is 0.550. The lowest BCUT2D eigenvalue weighted by molar-refractivity contribution is 0.0709. The number of H-pyrrole nitrogens is 1. The summed E-state index contributed by atoms with van der Waals surface area (Å²) in [6.45, 7) is 7.07. The first-order valence-electron chi connectivity index (χ1n) is 9.59. The Hall–Kier alpha value is -1.99. The van der Waals surface area contributed by atoms with Gasteiger partial charge >= 0.3 is 0 Å². The molecule has 27 heavy (non-hydrogen) atoms. The largest absolute Gasteiger partial charge is 0.337 e. The third kappa shape index (κ3) is 3.58. The second-order valence-electron chi connectivity index (χ2n) is 7.80. The number of nitrogens with one attached hydrogen (secondary N) is 1. The number of hydrogen-bond acceptors (Lipinski definition) is 5. The Labute approximate surface area is 163 Å². The van der Waals surface area contributed by atoms with E-state index in [1.165, 1.54) is 10.4 Å². The molecule has 1 N–H and O–H groups in total. The molecule has 0 aromatic carbocycles. The van der Waals surface area contributed by atoms with E-state index in [-0.39, 0.29) is 17.4 Å². The highest BCUT2D eigenvalue weighted by Crippen LogP contribution is 2.28. The number of fused-ring (bicyclic) bond motifs is 1. The summed E-state index contributed by atoms with van der Waals surface area (Å²) in [6.07, 6.45) is 2.70. The molecule has 1 saturated heterocycles. The lowest BCUT2D eigenvalue weighted by Crippen LogP contribution is -2.40. The van der Waals surface area contributed by atoms with Gasteiger partial charge in [0.15, 0.2) is 0 Å². The number of rotatable bonds is 2. The van der Waals surface area contributed by atoms with Gasteiger partial charge in [0.25, 0.3) is 11.5 Å². The van der Waals surface area contributed by atoms with Crippen molar-refractivity contribution in [2.75, 3.05) is 26.7 Å². The van der Waals surface area contributed by atoms with Gasteiger partial charge in [-0.25, -0.2) is 4.98 Å². The molecule has 4 rings (SSSR count). The second-order valence-corrected chi connectivity index (χ2v) is 9.06. The van der Waals surface area contributed by atoms with Gasteiger partial charge in [0.1, 0.15) is 5.82 Å². The van der Waals surface area contributed by atoms with E-state index < -0.39 is 0 Å². The van der Waals surface area contributed by atoms with E-state index in [1.54, 1.807) is 11.3 Å². The summed E-state index contributed by atoms with van der Waals surface area (Å²) in [6, 6.07) is 1.99. The predicted octanol–water partition coefficient (Wildman–Crippen LogP) is 2.46. The van der Waals surface area contributed by atoms with Gasteiger partial charge in [0.05, 0.1) is 16.1 Å². The summed E-state index contributed by atoms with van der Waals surface area (Å²) >= 11 is 1.57. The van der Waals surface area contributed by atoms with E-state index in [0.29, 0.717) is 13.1 Å². The number of piperidine rings is 1. The number of likely N-dealkylation sites (N-methyl/N-ethyl adjacent to an activating group) is 1. The molecule has 0 radical (unpaired) electrons. The minimum atomic E-state index is -0.0190. The quantitative estimate of drug-likeness (QED) is 0.861. The van der Waals surface area contributed by atoms with Crippen LogP contribution in [0.3, 0.4) is 0 Å². The van der Waals surface area contributed by atoms with Gasteiger partial charge in [-0.05, 0) is 45.4 Å². The molecule has 2 aliphatic rings. The SMILES string of the molecule is Cc1cc(C(=O)N2CCC[C@H](c3nc4c(c(=O)[nH]3)CN(C)CC4)C2)sc1C. The molecule has 0 aliphatic carbocycles. The maximum Gasteiger partial charge on any atom is 0.263 e. The van der Waals surface area contributed by atoms with Crippen molar-refractivity contribution in [1.29, 1.82) is 0 Å². The summed E-state index contributed by atoms with van der Waals surface area (Å²) < 4.78 is 0. The van der Waals surface area contributed by atoms with Crippen LogP contribution in [0.15, 0.2) is 10.9 Å². The smallest absolute Gasteiger partial charge is 0.263 e. The molecule has 2 aromatic rings. The normalized spacial score (nSPS) is 20.6. The molecule has 2 aliphatic heterocycles. The maximum atomic E-state index is 12.9. The highest BCUT2D eigenvalue weighted by atomic mass is 32.1. The zero-order valence-corrected chi connectivity index (χ0v) is 17.0. The number of thiophene rings is 1. The Morgan fingerprint density at radius 1 is 1.33 bits per heavy atom. The number of aromatic nitrogens is 2. The zero-order chi connectivity index (χ0) is 19.1. The van der Waals surface area contributed by atoms with Crippen LogP contribution in [0.2, 0.25) is 0 Å². The van der Waals surface area contributed by atoms with Gasteiger partial charge in [-0.15, -0.1) is 11.3 Å². The van der Waals surface area contributed by atoms with Gasteiger partial charge in [0, 0.05) is 43.4 Å². The van der Waals surface area contributed by atoms with E-state index in [2.05, 4.69) is 16.8 Å². The third-order valence-corrected chi connectivity index (χ3v) is 6.89. The van der Waals surface area contributed by atoms with Crippen molar-refractivity contribution in [2.24, 2.45) is 0 Å². The second kappa shape index (κ2) is 7.20. The monoisotopic (exact) mass is 386 g/mol. The van der Waals surface area contributed by atoms with Crippen molar-refractivity contribution in [1.82, 2.24) is 19.8 Å². The van der Waals surface area contributed by atoms with E-state index in [9.17, 15) is 9.59 Å². The minimum Gasteiger partial charge on any atom is -0.337 e. The van der Waals surface area contributed by atoms with Crippen molar-refractivity contribution < 1.29 is 4.79 Å². The topological polar surface area (TPSA) is 69.3 Å². The molecule has 6 nitrogen and oxygen atoms in total. The first-order valence-corrected chi connectivity index (χ1v) is 10.4. The Morgan fingerprint density at radius 2 is 2.15 bits per heavy atom. The molecular weight excluding hydrogens is 360 g/mol. The molecule has 0 bridgehead atoms. The van der Waals surface area contributed by atoms with Crippen LogP contribution in [-0.4, -0.2) is 52.4 Å². The molecule has 2 aromatic heterocycles. The van der Waals surface area contributed by atoms with Crippen LogP contribution in [0.25, 0.3) is 0 Å². The van der Waals surface area contributed by atoms with Crippen molar-refractivity contribution in [2.45, 2.75) is 45.6 Å². The van der Waals surface area contributed by atoms with Crippen molar-refractivity contribution in [3.05, 3.63) is 48.8 Å². The summed E-state index contributed by atoms with van der Waals surface area (Å²) in [7, 11) is 2.02. The molecule has 0 unspecified atom stereocenters. The molecule has 7 heteroatoms. The van der Waals surface area contributed by atoms with Crippen LogP contribution >= 0.6 is 11.3 Å². The summed E-state index contributed by atoms with van der Waals surface area (Å²) in [5, 5.41) is 0. The number of carbonyl (C=O) groups is 1. The lowest BCUT2D eigenvalue weighted by atomic mass is 9.96. The Bertz CT molecular complexity index is 913. The molecule has 0 spiro atoms. The molecule has 1 atom stereocenters.